The lowest BCUT2D eigenvalue weighted by molar-refractivity contribution is 0.263. The normalized spacial score (nSPS) is 29.7. The fourth-order valence-electron chi connectivity index (χ4n) is 3.51. The van der Waals surface area contributed by atoms with Crippen molar-refractivity contribution in [2.75, 3.05) is 6.67 Å². The summed E-state index contributed by atoms with van der Waals surface area (Å²) in [5.74, 6) is 2.34. The lowest BCUT2D eigenvalue weighted by Gasteiger charge is -2.34. The van der Waals surface area contributed by atoms with Crippen LogP contribution in [0, 0.1) is 34.5 Å². The van der Waals surface area contributed by atoms with Gasteiger partial charge in [0.15, 0.2) is 5.17 Å². The maximum atomic E-state index is 14.7. The molecule has 1 aliphatic heterocycles. The van der Waals surface area contributed by atoms with Gasteiger partial charge in [0.05, 0.1) is 12.5 Å². The van der Waals surface area contributed by atoms with E-state index in [1.165, 1.54) is 17.8 Å². The van der Waals surface area contributed by atoms with Gasteiger partial charge in [-0.05, 0) is 24.6 Å². The highest BCUT2D eigenvalue weighted by molar-refractivity contribution is 8.15. The minimum Gasteiger partial charge on any atom is -0.378 e. The van der Waals surface area contributed by atoms with Crippen LogP contribution in [0.5, 0.6) is 0 Å². The fourth-order valence-corrected chi connectivity index (χ4v) is 5.38. The quantitative estimate of drug-likeness (QED) is 0.629. The van der Waals surface area contributed by atoms with Crippen molar-refractivity contribution < 1.29 is 8.78 Å². The van der Waals surface area contributed by atoms with Gasteiger partial charge >= 0.3 is 0 Å². The molecular weight excluding hydrogens is 368 g/mol. The van der Waals surface area contributed by atoms with E-state index in [1.54, 1.807) is 12.1 Å². The van der Waals surface area contributed by atoms with Gasteiger partial charge in [-0.2, -0.15) is 5.26 Å². The fraction of sp³-hybridized carbons (Fsp3) is 0.474. The van der Waals surface area contributed by atoms with E-state index in [2.05, 4.69) is 42.2 Å². The average molecular weight is 390 g/mol. The highest BCUT2D eigenvalue weighted by atomic mass is 32.2. The van der Waals surface area contributed by atoms with E-state index >= 15 is 0 Å². The molecule has 3 atom stereocenters. The molecule has 0 amide bonds. The van der Waals surface area contributed by atoms with E-state index in [1.807, 2.05) is 0 Å². The summed E-state index contributed by atoms with van der Waals surface area (Å²) in [5, 5.41) is 9.34. The number of halogens is 2. The first kappa shape index (κ1) is 18.9. The van der Waals surface area contributed by atoms with Crippen LogP contribution in [0.1, 0.15) is 24.0 Å². The Kier molecular flexibility index (Phi) is 4.66. The maximum absolute atomic E-state index is 14.7. The van der Waals surface area contributed by atoms with Crippen LogP contribution in [0.25, 0.3) is 0 Å². The molecule has 1 aromatic carbocycles. The number of rotatable bonds is 3. The van der Waals surface area contributed by atoms with Crippen molar-refractivity contribution >= 4 is 25.0 Å². The van der Waals surface area contributed by atoms with Gasteiger partial charge in [-0.25, -0.2) is 13.8 Å². The zero-order valence-electron chi connectivity index (χ0n) is 15.1. The first-order valence-electron chi connectivity index (χ1n) is 8.46. The molecule has 0 aromatic heterocycles. The second-order valence-electron chi connectivity index (χ2n) is 7.96. The van der Waals surface area contributed by atoms with E-state index in [0.717, 1.165) is 0 Å². The number of alkyl halides is 1. The third-order valence-electron chi connectivity index (χ3n) is 4.82. The molecule has 0 unspecified atom stereocenters. The van der Waals surface area contributed by atoms with E-state index in [9.17, 15) is 8.78 Å². The van der Waals surface area contributed by atoms with Crippen LogP contribution in [-0.4, -0.2) is 24.7 Å². The second-order valence-corrected chi connectivity index (χ2v) is 14.1. The van der Waals surface area contributed by atoms with Crippen LogP contribution in [0.15, 0.2) is 23.2 Å². The van der Waals surface area contributed by atoms with Gasteiger partial charge in [-0.1, -0.05) is 37.3 Å². The average Bonchev–Trinajstić information content (AvgIpc) is 3.27. The second kappa shape index (κ2) is 6.40. The van der Waals surface area contributed by atoms with Crippen molar-refractivity contribution in [3.05, 3.63) is 35.1 Å². The summed E-state index contributed by atoms with van der Waals surface area (Å²) in [5.41, 5.74) is 8.66. The van der Waals surface area contributed by atoms with Gasteiger partial charge in [0.25, 0.3) is 0 Å². The monoisotopic (exact) mass is 389 g/mol. The molecule has 3 rings (SSSR count). The van der Waals surface area contributed by atoms with Crippen LogP contribution in [0.3, 0.4) is 0 Å². The van der Waals surface area contributed by atoms with Crippen molar-refractivity contribution in [3.8, 4) is 17.5 Å². The number of thioether (sulfide) groups is 1. The molecule has 3 nitrogen and oxygen atoms in total. The molecule has 1 heterocycles. The minimum atomic E-state index is -1.59. The Morgan fingerprint density at radius 1 is 1.42 bits per heavy atom. The SMILES string of the molecule is C[Si](C)(C)C#Cc1ccc(F)c([C@@]2(CF)N=C(N)S[C@@]3(CC#N)C[C@H]32)c1. The summed E-state index contributed by atoms with van der Waals surface area (Å²) in [7, 11) is -1.59. The number of hydrogen-bond donors (Lipinski definition) is 1. The molecule has 0 bridgehead atoms. The van der Waals surface area contributed by atoms with Crippen LogP contribution < -0.4 is 5.73 Å². The van der Waals surface area contributed by atoms with Crippen LogP contribution in [0.4, 0.5) is 8.78 Å². The van der Waals surface area contributed by atoms with E-state index in [-0.39, 0.29) is 23.1 Å². The molecule has 0 spiro atoms. The Morgan fingerprint density at radius 3 is 2.77 bits per heavy atom. The minimum absolute atomic E-state index is 0.190. The first-order chi connectivity index (χ1) is 12.2. The molecule has 0 radical (unpaired) electrons. The summed E-state index contributed by atoms with van der Waals surface area (Å²) in [4.78, 5) is 4.36. The highest BCUT2D eigenvalue weighted by Gasteiger charge is 2.68. The molecule has 7 heteroatoms. The van der Waals surface area contributed by atoms with Crippen LogP contribution >= 0.6 is 11.8 Å². The number of nitriles is 1. The number of benzene rings is 1. The lowest BCUT2D eigenvalue weighted by Crippen LogP contribution is -2.40. The predicted octanol–water partition coefficient (Wildman–Crippen LogP) is 3.95. The van der Waals surface area contributed by atoms with Crippen molar-refractivity contribution in [2.24, 2.45) is 16.6 Å². The van der Waals surface area contributed by atoms with Gasteiger partial charge in [-0.15, -0.1) is 5.54 Å². The van der Waals surface area contributed by atoms with E-state index < -0.39 is 30.9 Å². The molecule has 26 heavy (non-hydrogen) atoms. The van der Waals surface area contributed by atoms with Gasteiger partial charge in [0.2, 0.25) is 0 Å². The third-order valence-corrected chi connectivity index (χ3v) is 6.99. The highest BCUT2D eigenvalue weighted by Crippen LogP contribution is 2.67. The Balaban J connectivity index is 2.10. The molecule has 1 aromatic rings. The zero-order valence-corrected chi connectivity index (χ0v) is 16.9. The molecule has 1 fully saturated rings. The molecule has 0 saturated heterocycles. The van der Waals surface area contributed by atoms with E-state index in [0.29, 0.717) is 12.0 Å². The zero-order chi connectivity index (χ0) is 19.2. The number of amidine groups is 1. The van der Waals surface area contributed by atoms with E-state index in [4.69, 9.17) is 11.0 Å². The summed E-state index contributed by atoms with van der Waals surface area (Å²) in [6.45, 7) is 5.51. The Morgan fingerprint density at radius 2 is 2.15 bits per heavy atom. The lowest BCUT2D eigenvalue weighted by atomic mass is 9.84. The summed E-state index contributed by atoms with van der Waals surface area (Å²) >= 11 is 1.32. The maximum Gasteiger partial charge on any atom is 0.155 e. The van der Waals surface area contributed by atoms with Gasteiger partial charge in [-0.3, -0.25) is 0 Å². The first-order valence-corrected chi connectivity index (χ1v) is 12.8. The smallest absolute Gasteiger partial charge is 0.155 e. The van der Waals surface area contributed by atoms with Crippen molar-refractivity contribution in [1.82, 2.24) is 0 Å². The predicted molar refractivity (Wildman–Crippen MR) is 105 cm³/mol. The van der Waals surface area contributed by atoms with Gasteiger partial charge in [0, 0.05) is 21.8 Å². The molecule has 1 saturated carbocycles. The van der Waals surface area contributed by atoms with Crippen molar-refractivity contribution in [1.29, 1.82) is 5.26 Å². The Labute approximate surface area is 158 Å². The summed E-state index contributed by atoms with van der Waals surface area (Å²) in [6.07, 6.45) is 0.848. The Bertz CT molecular complexity index is 877. The molecule has 2 N–H and O–H groups in total. The van der Waals surface area contributed by atoms with Gasteiger partial charge in [0.1, 0.15) is 26.1 Å². The number of nitrogens with zero attached hydrogens (tertiary/aromatic N) is 2. The summed E-state index contributed by atoms with van der Waals surface area (Å²) in [6, 6.07) is 6.68. The van der Waals surface area contributed by atoms with Crippen molar-refractivity contribution in [2.45, 2.75) is 42.8 Å². The third kappa shape index (κ3) is 3.26. The summed E-state index contributed by atoms with van der Waals surface area (Å²) < 4.78 is 28.6. The molecule has 2 aliphatic rings. The number of aliphatic imine (C=N–C) groups is 1. The number of hydrogen-bond acceptors (Lipinski definition) is 4. The van der Waals surface area contributed by atoms with Gasteiger partial charge < -0.3 is 5.73 Å². The van der Waals surface area contributed by atoms with Crippen LogP contribution in [0.2, 0.25) is 19.6 Å². The molecule has 1 aliphatic carbocycles. The van der Waals surface area contributed by atoms with Crippen molar-refractivity contribution in [3.63, 3.8) is 0 Å². The molecular formula is C19H21F2N3SSi. The number of nitrogens with two attached hydrogens (primary N) is 1. The number of fused-ring (bicyclic) bond motifs is 1. The molecule has 136 valence electrons. The Hall–Kier alpha value is -1.83. The van der Waals surface area contributed by atoms with Crippen LogP contribution in [-0.2, 0) is 5.54 Å². The largest absolute Gasteiger partial charge is 0.378 e. The topological polar surface area (TPSA) is 62.2 Å². The standard InChI is InChI=1S/C19H21F2N3SSi/c1-26(2,3)9-6-13-4-5-15(21)14(10-13)19(12-20)16-11-18(16,7-8-22)25-17(23)24-19/h4-5,10,16H,7,11-12H2,1-3H3,(H2,23,24)/t16-,18+,19-/m1/s1.